The summed E-state index contributed by atoms with van der Waals surface area (Å²) in [5.41, 5.74) is 5.82. The number of amides is 1. The van der Waals surface area contributed by atoms with Crippen molar-refractivity contribution in [2.24, 2.45) is 11.7 Å². The van der Waals surface area contributed by atoms with Crippen LogP contribution in [0.3, 0.4) is 0 Å². The molecule has 0 aliphatic carbocycles. The van der Waals surface area contributed by atoms with Gasteiger partial charge in [-0.25, -0.2) is 0 Å². The summed E-state index contributed by atoms with van der Waals surface area (Å²) in [6, 6.07) is 7.37. The average Bonchev–Trinajstić information content (AvgIpc) is 2.56. The number of hydrogen-bond donors (Lipinski definition) is 1. The summed E-state index contributed by atoms with van der Waals surface area (Å²) < 4.78 is 5.71. The lowest BCUT2D eigenvalue weighted by molar-refractivity contribution is -0.137. The van der Waals surface area contributed by atoms with Crippen LogP contribution in [-0.2, 0) is 4.79 Å². The van der Waals surface area contributed by atoms with E-state index in [1.165, 1.54) is 0 Å². The third-order valence-electron chi connectivity index (χ3n) is 4.36. The Hall–Kier alpha value is -1.30. The summed E-state index contributed by atoms with van der Waals surface area (Å²) in [6.07, 6.45) is 0. The minimum Gasteiger partial charge on any atom is -0.491 e. The predicted molar refractivity (Wildman–Crippen MR) is 92.8 cm³/mol. The topological polar surface area (TPSA) is 58.8 Å². The van der Waals surface area contributed by atoms with Crippen LogP contribution in [0.2, 0.25) is 5.02 Å². The molecule has 2 rings (SSSR count). The molecule has 1 aromatic rings. The normalized spacial score (nSPS) is 18.5. The van der Waals surface area contributed by atoms with Crippen LogP contribution >= 0.6 is 11.6 Å². The minimum atomic E-state index is -0.120. The molecule has 1 aliphatic rings. The molecule has 1 heterocycles. The first-order valence-corrected chi connectivity index (χ1v) is 8.51. The van der Waals surface area contributed by atoms with Gasteiger partial charge in [0.1, 0.15) is 12.4 Å². The van der Waals surface area contributed by atoms with Crippen LogP contribution in [0, 0.1) is 5.92 Å². The number of carbonyl (C=O) groups excluding carboxylic acids is 1. The lowest BCUT2D eigenvalue weighted by Gasteiger charge is -2.36. The molecular weight excluding hydrogens is 314 g/mol. The Kier molecular flexibility index (Phi) is 6.69. The molecule has 0 saturated carbocycles. The molecule has 128 valence electrons. The zero-order chi connectivity index (χ0) is 16.8. The van der Waals surface area contributed by atoms with Crippen molar-refractivity contribution >= 4 is 17.5 Å². The average molecular weight is 340 g/mol. The van der Waals surface area contributed by atoms with Crippen LogP contribution in [0.25, 0.3) is 0 Å². The number of piperazine rings is 1. The summed E-state index contributed by atoms with van der Waals surface area (Å²) in [5.74, 6) is 0.755. The Morgan fingerprint density at radius 3 is 2.52 bits per heavy atom. The van der Waals surface area contributed by atoms with Gasteiger partial charge in [-0.3, -0.25) is 9.69 Å². The van der Waals surface area contributed by atoms with Gasteiger partial charge in [-0.2, -0.15) is 0 Å². The maximum atomic E-state index is 12.3. The molecule has 0 aromatic heterocycles. The minimum absolute atomic E-state index is 0.107. The molecule has 1 aliphatic heterocycles. The van der Waals surface area contributed by atoms with Crippen molar-refractivity contribution in [1.82, 2.24) is 9.80 Å². The van der Waals surface area contributed by atoms with Gasteiger partial charge in [0.15, 0.2) is 0 Å². The van der Waals surface area contributed by atoms with E-state index in [1.54, 1.807) is 0 Å². The van der Waals surface area contributed by atoms with E-state index < -0.39 is 0 Å². The number of nitrogens with zero attached hydrogens (tertiary/aromatic N) is 2. The molecule has 1 saturated heterocycles. The SMILES string of the molecule is CC(N)C(C)C(=O)N1CCN(CCOc2ccccc2Cl)CC1. The van der Waals surface area contributed by atoms with Crippen LogP contribution < -0.4 is 10.5 Å². The fourth-order valence-corrected chi connectivity index (χ4v) is 2.74. The fourth-order valence-electron chi connectivity index (χ4n) is 2.55. The molecule has 2 atom stereocenters. The van der Waals surface area contributed by atoms with Gasteiger partial charge in [-0.05, 0) is 19.1 Å². The van der Waals surface area contributed by atoms with Gasteiger partial charge in [0.2, 0.25) is 5.91 Å². The monoisotopic (exact) mass is 339 g/mol. The molecule has 2 unspecified atom stereocenters. The molecule has 0 bridgehead atoms. The Balaban J connectivity index is 1.71. The fraction of sp³-hybridized carbons (Fsp3) is 0.588. The Morgan fingerprint density at radius 2 is 1.91 bits per heavy atom. The zero-order valence-corrected chi connectivity index (χ0v) is 14.6. The number of carbonyl (C=O) groups is 1. The van der Waals surface area contributed by atoms with Gasteiger partial charge in [0.25, 0.3) is 0 Å². The second-order valence-electron chi connectivity index (χ2n) is 6.09. The first-order valence-electron chi connectivity index (χ1n) is 8.13. The van der Waals surface area contributed by atoms with E-state index in [0.29, 0.717) is 17.4 Å². The standard InChI is InChI=1S/C17H26ClN3O2/c1-13(14(2)19)17(22)21-9-7-20(8-10-21)11-12-23-16-6-4-3-5-15(16)18/h3-6,13-14H,7-12,19H2,1-2H3. The van der Waals surface area contributed by atoms with E-state index in [-0.39, 0.29) is 17.9 Å². The zero-order valence-electron chi connectivity index (χ0n) is 13.9. The molecular formula is C17H26ClN3O2. The summed E-state index contributed by atoms with van der Waals surface area (Å²) in [4.78, 5) is 16.5. The van der Waals surface area contributed by atoms with Gasteiger partial charge in [-0.1, -0.05) is 30.7 Å². The molecule has 1 fully saturated rings. The molecule has 0 spiro atoms. The number of halogens is 1. The molecule has 6 heteroatoms. The number of rotatable bonds is 6. The maximum Gasteiger partial charge on any atom is 0.227 e. The highest BCUT2D eigenvalue weighted by molar-refractivity contribution is 6.32. The largest absolute Gasteiger partial charge is 0.491 e. The van der Waals surface area contributed by atoms with Crippen LogP contribution in [0.4, 0.5) is 0 Å². The molecule has 1 aromatic carbocycles. The second kappa shape index (κ2) is 8.52. The van der Waals surface area contributed by atoms with Crippen molar-refractivity contribution in [2.45, 2.75) is 19.9 Å². The van der Waals surface area contributed by atoms with Crippen molar-refractivity contribution in [2.75, 3.05) is 39.3 Å². The highest BCUT2D eigenvalue weighted by Gasteiger charge is 2.26. The van der Waals surface area contributed by atoms with Crippen LogP contribution in [0.1, 0.15) is 13.8 Å². The first kappa shape index (κ1) is 18.0. The molecule has 23 heavy (non-hydrogen) atoms. The smallest absolute Gasteiger partial charge is 0.227 e. The third-order valence-corrected chi connectivity index (χ3v) is 4.68. The van der Waals surface area contributed by atoms with Gasteiger partial charge in [-0.15, -0.1) is 0 Å². The van der Waals surface area contributed by atoms with E-state index >= 15 is 0 Å². The summed E-state index contributed by atoms with van der Waals surface area (Å²) >= 11 is 6.06. The lowest BCUT2D eigenvalue weighted by atomic mass is 10.0. The van der Waals surface area contributed by atoms with E-state index in [0.717, 1.165) is 32.7 Å². The van der Waals surface area contributed by atoms with E-state index in [4.69, 9.17) is 22.1 Å². The third kappa shape index (κ3) is 5.09. The van der Waals surface area contributed by atoms with Gasteiger partial charge in [0.05, 0.1) is 10.9 Å². The van der Waals surface area contributed by atoms with Gasteiger partial charge < -0.3 is 15.4 Å². The van der Waals surface area contributed by atoms with Crippen molar-refractivity contribution in [3.63, 3.8) is 0 Å². The summed E-state index contributed by atoms with van der Waals surface area (Å²) in [7, 11) is 0. The van der Waals surface area contributed by atoms with E-state index in [9.17, 15) is 4.79 Å². The number of para-hydroxylation sites is 1. The molecule has 1 amide bonds. The van der Waals surface area contributed by atoms with Crippen molar-refractivity contribution in [3.8, 4) is 5.75 Å². The quantitative estimate of drug-likeness (QED) is 0.859. The number of hydrogen-bond acceptors (Lipinski definition) is 4. The Labute approximate surface area is 143 Å². The number of nitrogens with two attached hydrogens (primary N) is 1. The highest BCUT2D eigenvalue weighted by atomic mass is 35.5. The summed E-state index contributed by atoms with van der Waals surface area (Å²) in [5, 5.41) is 0.632. The Bertz CT molecular complexity index is 516. The van der Waals surface area contributed by atoms with Gasteiger partial charge in [0, 0.05) is 38.8 Å². The van der Waals surface area contributed by atoms with E-state index in [1.807, 2.05) is 43.0 Å². The van der Waals surface area contributed by atoms with Crippen LogP contribution in [-0.4, -0.2) is 61.1 Å². The second-order valence-corrected chi connectivity index (χ2v) is 6.50. The van der Waals surface area contributed by atoms with Crippen LogP contribution in [0.15, 0.2) is 24.3 Å². The number of ether oxygens (including phenoxy) is 1. The highest BCUT2D eigenvalue weighted by Crippen LogP contribution is 2.22. The van der Waals surface area contributed by atoms with Crippen molar-refractivity contribution < 1.29 is 9.53 Å². The van der Waals surface area contributed by atoms with Crippen molar-refractivity contribution in [1.29, 1.82) is 0 Å². The van der Waals surface area contributed by atoms with Gasteiger partial charge >= 0.3 is 0 Å². The van der Waals surface area contributed by atoms with E-state index in [2.05, 4.69) is 4.90 Å². The number of benzene rings is 1. The first-order chi connectivity index (χ1) is 11.0. The predicted octanol–water partition coefficient (Wildman–Crippen LogP) is 1.85. The Morgan fingerprint density at radius 1 is 1.26 bits per heavy atom. The summed E-state index contributed by atoms with van der Waals surface area (Å²) in [6.45, 7) is 8.43. The molecule has 2 N–H and O–H groups in total. The molecule has 0 radical (unpaired) electrons. The molecule has 5 nitrogen and oxygen atoms in total. The lowest BCUT2D eigenvalue weighted by Crippen LogP contribution is -2.52. The maximum absolute atomic E-state index is 12.3. The van der Waals surface area contributed by atoms with Crippen LogP contribution in [0.5, 0.6) is 5.75 Å². The van der Waals surface area contributed by atoms with Crippen molar-refractivity contribution in [3.05, 3.63) is 29.3 Å².